The van der Waals surface area contributed by atoms with Crippen molar-refractivity contribution in [3.05, 3.63) is 65.0 Å². The molecule has 116 valence electrons. The summed E-state index contributed by atoms with van der Waals surface area (Å²) in [6.07, 6.45) is 1.72. The number of benzene rings is 1. The maximum Gasteiger partial charge on any atom is 0.254 e. The van der Waals surface area contributed by atoms with E-state index < -0.39 is 40.8 Å². The van der Waals surface area contributed by atoms with Crippen LogP contribution >= 0.6 is 0 Å². The highest BCUT2D eigenvalue weighted by molar-refractivity contribution is 5.94. The van der Waals surface area contributed by atoms with Crippen molar-refractivity contribution in [3.8, 4) is 0 Å². The summed E-state index contributed by atoms with van der Waals surface area (Å²) < 4.78 is 52.3. The van der Waals surface area contributed by atoms with Gasteiger partial charge in [-0.2, -0.15) is 0 Å². The van der Waals surface area contributed by atoms with Crippen LogP contribution in [-0.4, -0.2) is 22.5 Å². The van der Waals surface area contributed by atoms with E-state index in [1.54, 1.807) is 0 Å². The minimum absolute atomic E-state index is 0.252. The molecule has 2 rings (SSSR count). The highest BCUT2D eigenvalue weighted by Gasteiger charge is 2.23. The number of aliphatic hydroxyl groups excluding tert-OH is 1. The number of pyridine rings is 1. The fourth-order valence-corrected chi connectivity index (χ4v) is 1.73. The Morgan fingerprint density at radius 1 is 1.14 bits per heavy atom. The molecule has 1 unspecified atom stereocenters. The number of halogens is 4. The van der Waals surface area contributed by atoms with E-state index in [0.29, 0.717) is 5.56 Å². The Morgan fingerprint density at radius 3 is 2.41 bits per heavy atom. The maximum absolute atomic E-state index is 13.4. The average Bonchev–Trinajstić information content (AvgIpc) is 2.54. The first kappa shape index (κ1) is 15.9. The van der Waals surface area contributed by atoms with Crippen LogP contribution in [0, 0.1) is 23.3 Å². The van der Waals surface area contributed by atoms with Gasteiger partial charge in [0, 0.05) is 18.9 Å². The van der Waals surface area contributed by atoms with Crippen LogP contribution in [0.3, 0.4) is 0 Å². The number of aromatic nitrogens is 1. The fourth-order valence-electron chi connectivity index (χ4n) is 1.73. The van der Waals surface area contributed by atoms with Gasteiger partial charge in [0.15, 0.2) is 23.3 Å². The quantitative estimate of drug-likeness (QED) is 0.516. The average molecular weight is 314 g/mol. The van der Waals surface area contributed by atoms with Gasteiger partial charge in [-0.15, -0.1) is 0 Å². The molecule has 2 N–H and O–H groups in total. The van der Waals surface area contributed by atoms with Crippen LogP contribution in [0.15, 0.2) is 30.6 Å². The molecule has 1 aromatic carbocycles. The molecule has 1 amide bonds. The number of rotatable bonds is 4. The lowest BCUT2D eigenvalue weighted by Gasteiger charge is -2.12. The van der Waals surface area contributed by atoms with E-state index in [2.05, 4.69) is 10.3 Å². The molecule has 1 aromatic heterocycles. The topological polar surface area (TPSA) is 62.2 Å². The number of aliphatic hydroxyl groups is 1. The summed E-state index contributed by atoms with van der Waals surface area (Å²) in [5, 5.41) is 11.9. The molecule has 0 aliphatic heterocycles. The first-order chi connectivity index (χ1) is 10.4. The SMILES string of the molecule is O=C(NCC(O)c1ccncc1)c1cc(F)c(F)c(F)c1F. The van der Waals surface area contributed by atoms with Crippen molar-refractivity contribution in [3.63, 3.8) is 0 Å². The zero-order valence-corrected chi connectivity index (χ0v) is 11.0. The monoisotopic (exact) mass is 314 g/mol. The van der Waals surface area contributed by atoms with E-state index in [9.17, 15) is 27.5 Å². The summed E-state index contributed by atoms with van der Waals surface area (Å²) in [6.45, 7) is -0.330. The number of carbonyl (C=O) groups excluding carboxylic acids is 1. The van der Waals surface area contributed by atoms with Gasteiger partial charge in [-0.25, -0.2) is 17.6 Å². The van der Waals surface area contributed by atoms with E-state index in [1.807, 2.05) is 0 Å². The predicted octanol–water partition coefficient (Wildman–Crippen LogP) is 2.10. The summed E-state index contributed by atoms with van der Waals surface area (Å²) >= 11 is 0. The van der Waals surface area contributed by atoms with Crippen molar-refractivity contribution in [2.45, 2.75) is 6.10 Å². The van der Waals surface area contributed by atoms with E-state index in [4.69, 9.17) is 0 Å². The molecule has 1 heterocycles. The summed E-state index contributed by atoms with van der Waals surface area (Å²) in [7, 11) is 0. The van der Waals surface area contributed by atoms with Gasteiger partial charge in [0.2, 0.25) is 0 Å². The predicted molar refractivity (Wildman–Crippen MR) is 67.8 cm³/mol. The number of amides is 1. The minimum atomic E-state index is -2.07. The Kier molecular flexibility index (Phi) is 4.71. The third-order valence-corrected chi connectivity index (χ3v) is 2.89. The lowest BCUT2D eigenvalue weighted by molar-refractivity contribution is 0.0910. The number of nitrogens with one attached hydrogen (secondary N) is 1. The lowest BCUT2D eigenvalue weighted by Crippen LogP contribution is -2.29. The molecule has 0 aliphatic carbocycles. The number of hydrogen-bond donors (Lipinski definition) is 2. The van der Waals surface area contributed by atoms with Crippen LogP contribution in [0.1, 0.15) is 22.0 Å². The molecule has 0 spiro atoms. The van der Waals surface area contributed by atoms with Gasteiger partial charge in [0.25, 0.3) is 5.91 Å². The van der Waals surface area contributed by atoms with Gasteiger partial charge in [0.05, 0.1) is 11.7 Å². The van der Waals surface area contributed by atoms with Crippen molar-refractivity contribution in [1.29, 1.82) is 0 Å². The standard InChI is InChI=1S/C14H10F4N2O2/c15-9-5-8(11(16)13(18)12(9)17)14(22)20-6-10(21)7-1-3-19-4-2-7/h1-5,10,21H,6H2,(H,20,22). The van der Waals surface area contributed by atoms with Crippen LogP contribution in [-0.2, 0) is 0 Å². The molecular weight excluding hydrogens is 304 g/mol. The third kappa shape index (κ3) is 3.22. The van der Waals surface area contributed by atoms with Crippen LogP contribution in [0.4, 0.5) is 17.6 Å². The van der Waals surface area contributed by atoms with Gasteiger partial charge < -0.3 is 10.4 Å². The van der Waals surface area contributed by atoms with Crippen molar-refractivity contribution < 1.29 is 27.5 Å². The van der Waals surface area contributed by atoms with E-state index >= 15 is 0 Å². The smallest absolute Gasteiger partial charge is 0.254 e. The molecule has 0 fully saturated rings. The van der Waals surface area contributed by atoms with E-state index in [1.165, 1.54) is 24.5 Å². The van der Waals surface area contributed by atoms with Gasteiger partial charge in [-0.05, 0) is 23.8 Å². The molecule has 0 aliphatic rings. The first-order valence-corrected chi connectivity index (χ1v) is 6.11. The molecule has 0 radical (unpaired) electrons. The van der Waals surface area contributed by atoms with Crippen molar-refractivity contribution in [2.75, 3.05) is 6.54 Å². The van der Waals surface area contributed by atoms with E-state index in [-0.39, 0.29) is 12.6 Å². The van der Waals surface area contributed by atoms with Crippen molar-refractivity contribution in [1.82, 2.24) is 10.3 Å². The molecule has 1 atom stereocenters. The molecule has 0 bridgehead atoms. The fraction of sp³-hybridized carbons (Fsp3) is 0.143. The van der Waals surface area contributed by atoms with Crippen LogP contribution in [0.25, 0.3) is 0 Å². The zero-order chi connectivity index (χ0) is 16.3. The second kappa shape index (κ2) is 6.52. The lowest BCUT2D eigenvalue weighted by atomic mass is 10.1. The van der Waals surface area contributed by atoms with Gasteiger partial charge in [0.1, 0.15) is 0 Å². The largest absolute Gasteiger partial charge is 0.387 e. The summed E-state index contributed by atoms with van der Waals surface area (Å²) in [5.74, 6) is -8.72. The summed E-state index contributed by atoms with van der Waals surface area (Å²) in [4.78, 5) is 15.4. The second-order valence-electron chi connectivity index (χ2n) is 4.35. The van der Waals surface area contributed by atoms with Crippen molar-refractivity contribution in [2.24, 2.45) is 0 Å². The van der Waals surface area contributed by atoms with Crippen LogP contribution in [0.2, 0.25) is 0 Å². The Hall–Kier alpha value is -2.48. The van der Waals surface area contributed by atoms with Crippen LogP contribution < -0.4 is 5.32 Å². The Labute approximate surface area is 122 Å². The first-order valence-electron chi connectivity index (χ1n) is 6.11. The van der Waals surface area contributed by atoms with Gasteiger partial charge in [-0.3, -0.25) is 9.78 Å². The van der Waals surface area contributed by atoms with E-state index in [0.717, 1.165) is 0 Å². The highest BCUT2D eigenvalue weighted by Crippen LogP contribution is 2.19. The normalized spacial score (nSPS) is 12.0. The molecule has 22 heavy (non-hydrogen) atoms. The highest BCUT2D eigenvalue weighted by atomic mass is 19.2. The number of carbonyl (C=O) groups is 1. The van der Waals surface area contributed by atoms with Gasteiger partial charge >= 0.3 is 0 Å². The molecule has 2 aromatic rings. The number of nitrogens with zero attached hydrogens (tertiary/aromatic N) is 1. The molecule has 0 saturated carbocycles. The Morgan fingerprint density at radius 2 is 1.77 bits per heavy atom. The molecular formula is C14H10F4N2O2. The van der Waals surface area contributed by atoms with Crippen molar-refractivity contribution >= 4 is 5.91 Å². The van der Waals surface area contributed by atoms with Crippen LogP contribution in [0.5, 0.6) is 0 Å². The summed E-state index contributed by atoms with van der Waals surface area (Å²) in [5.41, 5.74) is -0.550. The van der Waals surface area contributed by atoms with Gasteiger partial charge in [-0.1, -0.05) is 0 Å². The summed E-state index contributed by atoms with van der Waals surface area (Å²) in [6, 6.07) is 3.24. The maximum atomic E-state index is 13.4. The second-order valence-corrected chi connectivity index (χ2v) is 4.35. The minimum Gasteiger partial charge on any atom is -0.387 e. The third-order valence-electron chi connectivity index (χ3n) is 2.89. The Bertz CT molecular complexity index is 695. The molecule has 8 heteroatoms. The molecule has 0 saturated heterocycles. The number of hydrogen-bond acceptors (Lipinski definition) is 3. The Balaban J connectivity index is 2.10. The zero-order valence-electron chi connectivity index (χ0n) is 11.0. The molecule has 4 nitrogen and oxygen atoms in total.